The Bertz CT molecular complexity index is 1610. The van der Waals surface area contributed by atoms with Crippen LogP contribution in [0.5, 0.6) is 0 Å². The van der Waals surface area contributed by atoms with Crippen LogP contribution in [0.1, 0.15) is 37.1 Å². The first kappa shape index (κ1) is 24.6. The predicted molar refractivity (Wildman–Crippen MR) is 158 cm³/mol. The second-order valence-electron chi connectivity index (χ2n) is 10.5. The molecule has 2 aromatic carbocycles. The SMILES string of the molecule is Cn1c2ccccc2c2cc(CN(CCCCCCN)Cc3cc4c5ccccc5n(C)c4cn3)ncc21. The second kappa shape index (κ2) is 10.6. The predicted octanol–water partition coefficient (Wildman–Crippen LogP) is 6.29. The number of hydrogen-bond donors (Lipinski definition) is 1. The molecule has 0 radical (unpaired) electrons. The zero-order valence-electron chi connectivity index (χ0n) is 22.4. The third-order valence-corrected chi connectivity index (χ3v) is 7.91. The largest absolute Gasteiger partial charge is 0.342 e. The Kier molecular flexibility index (Phi) is 6.83. The van der Waals surface area contributed by atoms with Gasteiger partial charge in [0.1, 0.15) is 0 Å². The van der Waals surface area contributed by atoms with Crippen LogP contribution in [0.25, 0.3) is 43.6 Å². The lowest BCUT2D eigenvalue weighted by Crippen LogP contribution is -2.25. The Morgan fingerprint density at radius 3 is 1.66 bits per heavy atom. The number of aromatic nitrogens is 4. The van der Waals surface area contributed by atoms with E-state index in [0.717, 1.165) is 50.4 Å². The van der Waals surface area contributed by atoms with Crippen molar-refractivity contribution in [3.8, 4) is 0 Å². The molecule has 0 aliphatic rings. The minimum absolute atomic E-state index is 0.771. The molecule has 0 bridgehead atoms. The highest BCUT2D eigenvalue weighted by Gasteiger charge is 2.15. The van der Waals surface area contributed by atoms with Gasteiger partial charge in [0.2, 0.25) is 0 Å². The maximum atomic E-state index is 5.72. The van der Waals surface area contributed by atoms with Crippen LogP contribution < -0.4 is 5.73 Å². The van der Waals surface area contributed by atoms with E-state index in [0.29, 0.717) is 0 Å². The van der Waals surface area contributed by atoms with Gasteiger partial charge in [-0.25, -0.2) is 0 Å². The summed E-state index contributed by atoms with van der Waals surface area (Å²) in [7, 11) is 4.24. The Morgan fingerprint density at radius 1 is 0.632 bits per heavy atom. The lowest BCUT2D eigenvalue weighted by atomic mass is 10.1. The Labute approximate surface area is 223 Å². The molecule has 6 rings (SSSR count). The van der Waals surface area contributed by atoms with Crippen molar-refractivity contribution in [1.29, 1.82) is 0 Å². The molecule has 6 aromatic rings. The molecular formula is C32H36N6. The topological polar surface area (TPSA) is 64.9 Å². The van der Waals surface area contributed by atoms with Crippen LogP contribution in [-0.4, -0.2) is 37.1 Å². The summed E-state index contributed by atoms with van der Waals surface area (Å²) in [4.78, 5) is 12.3. The van der Waals surface area contributed by atoms with E-state index in [1.165, 1.54) is 56.5 Å². The quantitative estimate of drug-likeness (QED) is 0.223. The van der Waals surface area contributed by atoms with Crippen molar-refractivity contribution in [2.24, 2.45) is 19.8 Å². The van der Waals surface area contributed by atoms with Gasteiger partial charge in [0.05, 0.1) is 34.8 Å². The number of rotatable bonds is 10. The van der Waals surface area contributed by atoms with Gasteiger partial charge in [-0.15, -0.1) is 0 Å². The van der Waals surface area contributed by atoms with E-state index in [1.807, 2.05) is 12.4 Å². The van der Waals surface area contributed by atoms with E-state index >= 15 is 0 Å². The fourth-order valence-electron chi connectivity index (χ4n) is 5.87. The molecule has 6 nitrogen and oxygen atoms in total. The minimum Gasteiger partial charge on any atom is -0.342 e. The van der Waals surface area contributed by atoms with Gasteiger partial charge in [-0.3, -0.25) is 14.9 Å². The van der Waals surface area contributed by atoms with E-state index in [4.69, 9.17) is 15.7 Å². The van der Waals surface area contributed by atoms with Crippen LogP contribution in [0.3, 0.4) is 0 Å². The lowest BCUT2D eigenvalue weighted by molar-refractivity contribution is 0.245. The maximum Gasteiger partial charge on any atom is 0.0675 e. The van der Waals surface area contributed by atoms with Gasteiger partial charge in [0.25, 0.3) is 0 Å². The van der Waals surface area contributed by atoms with E-state index in [-0.39, 0.29) is 0 Å². The summed E-state index contributed by atoms with van der Waals surface area (Å²) in [6, 6.07) is 21.8. The van der Waals surface area contributed by atoms with Gasteiger partial charge in [-0.05, 0) is 50.2 Å². The van der Waals surface area contributed by atoms with E-state index in [2.05, 4.69) is 88.8 Å². The van der Waals surface area contributed by atoms with Crippen LogP contribution in [-0.2, 0) is 27.2 Å². The molecule has 4 heterocycles. The van der Waals surface area contributed by atoms with Crippen molar-refractivity contribution < 1.29 is 0 Å². The molecule has 0 aliphatic heterocycles. The smallest absolute Gasteiger partial charge is 0.0675 e. The summed E-state index contributed by atoms with van der Waals surface area (Å²) in [5.74, 6) is 0. The van der Waals surface area contributed by atoms with Crippen molar-refractivity contribution in [2.75, 3.05) is 13.1 Å². The fourth-order valence-corrected chi connectivity index (χ4v) is 5.87. The fraction of sp³-hybridized carbons (Fsp3) is 0.312. The molecule has 0 aliphatic carbocycles. The molecule has 4 aromatic heterocycles. The van der Waals surface area contributed by atoms with E-state index in [9.17, 15) is 0 Å². The number of nitrogens with zero attached hydrogens (tertiary/aromatic N) is 5. The van der Waals surface area contributed by atoms with Gasteiger partial charge < -0.3 is 14.9 Å². The van der Waals surface area contributed by atoms with Crippen molar-refractivity contribution in [2.45, 2.75) is 38.8 Å². The molecule has 0 saturated carbocycles. The molecule has 0 atom stereocenters. The monoisotopic (exact) mass is 504 g/mol. The lowest BCUT2D eigenvalue weighted by Gasteiger charge is -2.22. The summed E-state index contributed by atoms with van der Waals surface area (Å²) < 4.78 is 4.47. The van der Waals surface area contributed by atoms with Gasteiger partial charge in [0.15, 0.2) is 0 Å². The molecule has 194 valence electrons. The van der Waals surface area contributed by atoms with Gasteiger partial charge >= 0.3 is 0 Å². The Hall–Kier alpha value is -3.74. The molecule has 2 N–H and O–H groups in total. The van der Waals surface area contributed by atoms with Crippen molar-refractivity contribution in [3.63, 3.8) is 0 Å². The molecule has 0 fully saturated rings. The van der Waals surface area contributed by atoms with Crippen LogP contribution in [0.4, 0.5) is 0 Å². The van der Waals surface area contributed by atoms with Crippen molar-refractivity contribution in [1.82, 2.24) is 24.0 Å². The molecule has 0 spiro atoms. The third kappa shape index (κ3) is 4.55. The average molecular weight is 505 g/mol. The number of fused-ring (bicyclic) bond motifs is 6. The van der Waals surface area contributed by atoms with Crippen LogP contribution in [0.15, 0.2) is 73.1 Å². The normalized spacial score (nSPS) is 12.1. The second-order valence-corrected chi connectivity index (χ2v) is 10.5. The number of para-hydroxylation sites is 2. The molecule has 0 unspecified atom stereocenters. The summed E-state index contributed by atoms with van der Waals surface area (Å²) in [5, 5.41) is 5.10. The molecule has 6 heteroatoms. The summed E-state index contributed by atoms with van der Waals surface area (Å²) in [6.45, 7) is 3.37. The molecular weight excluding hydrogens is 468 g/mol. The van der Waals surface area contributed by atoms with Gasteiger partial charge in [0, 0.05) is 59.8 Å². The number of benzene rings is 2. The standard InChI is InChI=1S/C32H36N6/c1-36-29-13-7-5-11-25(29)27-17-23(34-19-31(27)36)21-38(16-10-4-3-9-15-33)22-24-18-28-26-12-6-8-14-30(26)37(2)32(28)20-35-24/h5-8,11-14,17-20H,3-4,9-10,15-16,21-22,33H2,1-2H3. The van der Waals surface area contributed by atoms with Crippen molar-refractivity contribution in [3.05, 3.63) is 84.4 Å². The average Bonchev–Trinajstić information content (AvgIpc) is 3.39. The first-order valence-electron chi connectivity index (χ1n) is 13.7. The molecule has 0 amide bonds. The minimum atomic E-state index is 0.771. The first-order chi connectivity index (χ1) is 18.6. The maximum absolute atomic E-state index is 5.72. The highest BCUT2D eigenvalue weighted by Crippen LogP contribution is 2.30. The number of nitrogens with two attached hydrogens (primary N) is 1. The van der Waals surface area contributed by atoms with E-state index in [1.54, 1.807) is 0 Å². The number of aryl methyl sites for hydroxylation is 2. The number of hydrogen-bond acceptors (Lipinski definition) is 4. The summed E-state index contributed by atoms with van der Waals surface area (Å²) in [6.07, 6.45) is 8.69. The first-order valence-corrected chi connectivity index (χ1v) is 13.7. The summed E-state index contributed by atoms with van der Waals surface area (Å²) in [5.41, 5.74) is 12.7. The number of unbranched alkanes of at least 4 members (excludes halogenated alkanes) is 3. The Morgan fingerprint density at radius 2 is 1.13 bits per heavy atom. The number of pyridine rings is 2. The zero-order chi connectivity index (χ0) is 26.1. The summed E-state index contributed by atoms with van der Waals surface area (Å²) >= 11 is 0. The third-order valence-electron chi connectivity index (χ3n) is 7.91. The van der Waals surface area contributed by atoms with Crippen LogP contribution in [0, 0.1) is 0 Å². The van der Waals surface area contributed by atoms with Crippen LogP contribution in [0.2, 0.25) is 0 Å². The van der Waals surface area contributed by atoms with Crippen molar-refractivity contribution >= 4 is 43.6 Å². The highest BCUT2D eigenvalue weighted by molar-refractivity contribution is 6.08. The van der Waals surface area contributed by atoms with Gasteiger partial charge in [-0.2, -0.15) is 0 Å². The van der Waals surface area contributed by atoms with E-state index < -0.39 is 0 Å². The molecule has 0 saturated heterocycles. The Balaban J connectivity index is 1.30. The molecule has 38 heavy (non-hydrogen) atoms. The highest BCUT2D eigenvalue weighted by atomic mass is 15.1. The van der Waals surface area contributed by atoms with Gasteiger partial charge in [-0.1, -0.05) is 49.2 Å². The zero-order valence-corrected chi connectivity index (χ0v) is 22.4. The van der Waals surface area contributed by atoms with Crippen LogP contribution >= 0.6 is 0 Å².